The van der Waals surface area contributed by atoms with Gasteiger partial charge >= 0.3 is 5.97 Å². The first-order valence-electron chi connectivity index (χ1n) is 8.49. The number of fused-ring (bicyclic) bond motifs is 1. The maximum atomic E-state index is 12.4. The van der Waals surface area contributed by atoms with Crippen molar-refractivity contribution >= 4 is 22.6 Å². The second-order valence-electron chi connectivity index (χ2n) is 6.07. The Morgan fingerprint density at radius 1 is 1.12 bits per heavy atom. The van der Waals surface area contributed by atoms with Crippen molar-refractivity contribution in [1.82, 2.24) is 4.98 Å². The summed E-state index contributed by atoms with van der Waals surface area (Å²) in [6.07, 6.45) is 0. The fraction of sp³-hybridized carbons (Fsp3) is 0.238. The fourth-order valence-electron chi connectivity index (χ4n) is 3.28. The maximum Gasteiger partial charge on any atom is 0.359 e. The molecule has 5 nitrogen and oxygen atoms in total. The van der Waals surface area contributed by atoms with Crippen LogP contribution < -0.4 is 10.5 Å². The fourth-order valence-corrected chi connectivity index (χ4v) is 3.28. The normalized spacial score (nSPS) is 10.8. The maximum absolute atomic E-state index is 12.4. The minimum Gasteiger partial charge on any atom is -0.496 e. The number of pyridine rings is 1. The number of aryl methyl sites for hydroxylation is 1. The zero-order chi connectivity index (χ0) is 18.8. The van der Waals surface area contributed by atoms with Gasteiger partial charge in [-0.15, -0.1) is 0 Å². The molecule has 0 aliphatic rings. The smallest absolute Gasteiger partial charge is 0.359 e. The number of carbonyl (C=O) groups excluding carboxylic acids is 1. The molecule has 0 fully saturated rings. The summed E-state index contributed by atoms with van der Waals surface area (Å²) in [4.78, 5) is 16.8. The van der Waals surface area contributed by atoms with E-state index in [-0.39, 0.29) is 12.3 Å². The summed E-state index contributed by atoms with van der Waals surface area (Å²) in [5.41, 5.74) is 11.3. The molecule has 0 saturated heterocycles. The Hall–Kier alpha value is -3.08. The number of anilines is 1. The Bertz CT molecular complexity index is 996. The van der Waals surface area contributed by atoms with E-state index in [1.54, 1.807) is 14.0 Å². The van der Waals surface area contributed by atoms with E-state index >= 15 is 0 Å². The van der Waals surface area contributed by atoms with Gasteiger partial charge in [0.2, 0.25) is 0 Å². The summed E-state index contributed by atoms with van der Waals surface area (Å²) in [6.45, 7) is 6.02. The summed E-state index contributed by atoms with van der Waals surface area (Å²) < 4.78 is 10.6. The van der Waals surface area contributed by atoms with E-state index in [4.69, 9.17) is 15.2 Å². The van der Waals surface area contributed by atoms with Gasteiger partial charge in [-0.25, -0.2) is 9.78 Å². The summed E-state index contributed by atoms with van der Waals surface area (Å²) >= 11 is 0. The number of nitrogen functional groups attached to an aromatic ring is 1. The highest BCUT2D eigenvalue weighted by molar-refractivity contribution is 6.08. The molecule has 0 saturated carbocycles. The number of rotatable bonds is 4. The van der Waals surface area contributed by atoms with Crippen molar-refractivity contribution in [3.63, 3.8) is 0 Å². The molecule has 3 rings (SSSR count). The van der Waals surface area contributed by atoms with Gasteiger partial charge in [0.05, 0.1) is 24.9 Å². The van der Waals surface area contributed by atoms with Gasteiger partial charge in [0.25, 0.3) is 0 Å². The van der Waals surface area contributed by atoms with E-state index in [2.05, 4.69) is 4.98 Å². The number of nitrogens with zero attached hydrogens (tertiary/aromatic N) is 1. The molecule has 0 spiro atoms. The number of methoxy groups -OCH3 is 1. The Balaban J connectivity index is 2.43. The van der Waals surface area contributed by atoms with Gasteiger partial charge in [0.1, 0.15) is 5.75 Å². The molecule has 0 amide bonds. The summed E-state index contributed by atoms with van der Waals surface area (Å²) in [6, 6.07) is 11.6. The molecule has 0 unspecified atom stereocenters. The van der Waals surface area contributed by atoms with E-state index in [0.29, 0.717) is 11.2 Å². The van der Waals surface area contributed by atoms with Crippen molar-refractivity contribution in [3.8, 4) is 16.9 Å². The molecular weight excluding hydrogens is 328 g/mol. The monoisotopic (exact) mass is 350 g/mol. The van der Waals surface area contributed by atoms with Crippen molar-refractivity contribution in [2.45, 2.75) is 20.8 Å². The number of hydrogen-bond acceptors (Lipinski definition) is 5. The zero-order valence-corrected chi connectivity index (χ0v) is 15.4. The van der Waals surface area contributed by atoms with Gasteiger partial charge < -0.3 is 15.2 Å². The number of para-hydroxylation sites is 1. The van der Waals surface area contributed by atoms with Crippen LogP contribution in [0.3, 0.4) is 0 Å². The third-order valence-corrected chi connectivity index (χ3v) is 4.49. The van der Waals surface area contributed by atoms with Gasteiger partial charge in [-0.2, -0.15) is 0 Å². The van der Waals surface area contributed by atoms with Crippen molar-refractivity contribution in [2.75, 3.05) is 19.5 Å². The summed E-state index contributed by atoms with van der Waals surface area (Å²) in [5, 5.41) is 0.887. The SMILES string of the molecule is CCOC(=O)c1nc2ccccc2c(-c2c(C)ccc(OC)c2C)c1N. The highest BCUT2D eigenvalue weighted by Crippen LogP contribution is 2.41. The first-order valence-corrected chi connectivity index (χ1v) is 8.49. The predicted octanol–water partition coefficient (Wildman–Crippen LogP) is 4.29. The van der Waals surface area contributed by atoms with Crippen LogP contribution in [0, 0.1) is 13.8 Å². The zero-order valence-electron chi connectivity index (χ0n) is 15.4. The molecule has 134 valence electrons. The molecular formula is C21H22N2O3. The molecule has 26 heavy (non-hydrogen) atoms. The van der Waals surface area contributed by atoms with Crippen LogP contribution in [0.25, 0.3) is 22.0 Å². The van der Waals surface area contributed by atoms with E-state index in [9.17, 15) is 4.79 Å². The first kappa shape index (κ1) is 17.7. The van der Waals surface area contributed by atoms with Gasteiger partial charge in [0.15, 0.2) is 5.69 Å². The Kier molecular flexibility index (Phi) is 4.80. The van der Waals surface area contributed by atoms with Crippen LogP contribution in [0.5, 0.6) is 5.75 Å². The lowest BCUT2D eigenvalue weighted by Crippen LogP contribution is -2.12. The minimum atomic E-state index is -0.518. The predicted molar refractivity (Wildman–Crippen MR) is 104 cm³/mol. The Labute approximate surface area is 152 Å². The Morgan fingerprint density at radius 3 is 2.54 bits per heavy atom. The minimum absolute atomic E-state index is 0.141. The number of esters is 1. The average Bonchev–Trinajstić information content (AvgIpc) is 2.63. The van der Waals surface area contributed by atoms with E-state index in [1.807, 2.05) is 50.2 Å². The van der Waals surface area contributed by atoms with Gasteiger partial charge in [0, 0.05) is 10.9 Å². The summed E-state index contributed by atoms with van der Waals surface area (Å²) in [5.74, 6) is 0.249. The van der Waals surface area contributed by atoms with Crippen molar-refractivity contribution in [2.24, 2.45) is 0 Å². The molecule has 1 heterocycles. The molecule has 3 aromatic rings. The van der Waals surface area contributed by atoms with Crippen LogP contribution in [0.4, 0.5) is 5.69 Å². The molecule has 2 N–H and O–H groups in total. The van der Waals surface area contributed by atoms with Crippen LogP contribution in [-0.2, 0) is 4.74 Å². The molecule has 0 aliphatic carbocycles. The first-order chi connectivity index (χ1) is 12.5. The van der Waals surface area contributed by atoms with E-state index < -0.39 is 5.97 Å². The van der Waals surface area contributed by atoms with Gasteiger partial charge in [-0.3, -0.25) is 0 Å². The lowest BCUT2D eigenvalue weighted by atomic mass is 9.90. The highest BCUT2D eigenvalue weighted by atomic mass is 16.5. The van der Waals surface area contributed by atoms with Crippen LogP contribution in [-0.4, -0.2) is 24.7 Å². The van der Waals surface area contributed by atoms with E-state index in [0.717, 1.165) is 33.4 Å². The topological polar surface area (TPSA) is 74.4 Å². The lowest BCUT2D eigenvalue weighted by molar-refractivity contribution is 0.0521. The average molecular weight is 350 g/mol. The van der Waals surface area contributed by atoms with Crippen LogP contribution in [0.2, 0.25) is 0 Å². The second kappa shape index (κ2) is 7.04. The number of nitrogens with two attached hydrogens (primary N) is 1. The lowest BCUT2D eigenvalue weighted by Gasteiger charge is -2.19. The standard InChI is InChI=1S/C21H22N2O3/c1-5-26-21(24)20-19(22)18(14-8-6-7-9-15(14)23-20)17-12(2)10-11-16(25-4)13(17)3/h6-11H,5,22H2,1-4H3. The van der Waals surface area contributed by atoms with Gasteiger partial charge in [-0.1, -0.05) is 24.3 Å². The summed E-state index contributed by atoms with van der Waals surface area (Å²) in [7, 11) is 1.64. The molecule has 5 heteroatoms. The molecule has 0 aliphatic heterocycles. The second-order valence-corrected chi connectivity index (χ2v) is 6.07. The van der Waals surface area contributed by atoms with Crippen LogP contribution in [0.1, 0.15) is 28.5 Å². The molecule has 0 radical (unpaired) electrons. The van der Waals surface area contributed by atoms with Crippen LogP contribution in [0.15, 0.2) is 36.4 Å². The van der Waals surface area contributed by atoms with Crippen molar-refractivity contribution < 1.29 is 14.3 Å². The number of carbonyl (C=O) groups is 1. The number of benzene rings is 2. The molecule has 0 atom stereocenters. The van der Waals surface area contributed by atoms with E-state index in [1.165, 1.54) is 0 Å². The number of aromatic nitrogens is 1. The molecule has 2 aromatic carbocycles. The van der Waals surface area contributed by atoms with Crippen LogP contribution >= 0.6 is 0 Å². The third-order valence-electron chi connectivity index (χ3n) is 4.49. The molecule has 0 bridgehead atoms. The van der Waals surface area contributed by atoms with Crippen molar-refractivity contribution in [3.05, 3.63) is 53.2 Å². The quantitative estimate of drug-likeness (QED) is 0.711. The van der Waals surface area contributed by atoms with Gasteiger partial charge in [-0.05, 0) is 49.6 Å². The van der Waals surface area contributed by atoms with Crippen molar-refractivity contribution in [1.29, 1.82) is 0 Å². The Morgan fingerprint density at radius 2 is 1.85 bits per heavy atom. The third kappa shape index (κ3) is 2.86. The highest BCUT2D eigenvalue weighted by Gasteiger charge is 2.23. The number of hydrogen-bond donors (Lipinski definition) is 1. The molecule has 1 aromatic heterocycles. The largest absolute Gasteiger partial charge is 0.496 e. The number of ether oxygens (including phenoxy) is 2.